The molecule has 1 aromatic rings. The lowest BCUT2D eigenvalue weighted by Crippen LogP contribution is -2.28. The Morgan fingerprint density at radius 2 is 2.20 bits per heavy atom. The molecule has 0 spiro atoms. The summed E-state index contributed by atoms with van der Waals surface area (Å²) in [6.07, 6.45) is 4.28. The topological polar surface area (TPSA) is 42.7 Å². The molecule has 1 N–H and O–H groups in total. The van der Waals surface area contributed by atoms with E-state index in [1.54, 1.807) is 0 Å². The molecule has 2 unspecified atom stereocenters. The van der Waals surface area contributed by atoms with Gasteiger partial charge in [-0.1, -0.05) is 25.5 Å². The van der Waals surface area contributed by atoms with Crippen LogP contribution < -0.4 is 5.32 Å². The van der Waals surface area contributed by atoms with E-state index in [1.165, 1.54) is 12.8 Å². The molecule has 1 rings (SSSR count). The number of aryl methyl sites for hydroxylation is 1. The highest BCUT2D eigenvalue weighted by Crippen LogP contribution is 2.09. The number of nitrogens with one attached hydrogen (secondary N) is 1. The van der Waals surface area contributed by atoms with Gasteiger partial charge >= 0.3 is 0 Å². The molecule has 0 saturated carbocycles. The Morgan fingerprint density at radius 3 is 2.73 bits per heavy atom. The summed E-state index contributed by atoms with van der Waals surface area (Å²) >= 11 is 0. The maximum absolute atomic E-state index is 3.90. The standard InChI is InChI=1S/C11H22N4/c1-5-9(2)6-10(3)12-7-11-8-13-14-15(11)4/h8-10,12H,5-7H2,1-4H3. The number of nitrogens with zero attached hydrogens (tertiary/aromatic N) is 3. The Bertz CT molecular complexity index is 282. The van der Waals surface area contributed by atoms with E-state index in [0.717, 1.165) is 18.2 Å². The molecule has 1 heterocycles. The summed E-state index contributed by atoms with van der Waals surface area (Å²) in [5, 5.41) is 11.2. The van der Waals surface area contributed by atoms with Crippen molar-refractivity contribution in [2.45, 2.75) is 46.2 Å². The van der Waals surface area contributed by atoms with Crippen LogP contribution in [0.5, 0.6) is 0 Å². The van der Waals surface area contributed by atoms with Gasteiger partial charge in [-0.25, -0.2) is 0 Å². The van der Waals surface area contributed by atoms with Crippen LogP contribution in [0.3, 0.4) is 0 Å². The Hall–Kier alpha value is -0.900. The van der Waals surface area contributed by atoms with Crippen LogP contribution in [-0.2, 0) is 13.6 Å². The van der Waals surface area contributed by atoms with Crippen LogP contribution in [-0.4, -0.2) is 21.0 Å². The van der Waals surface area contributed by atoms with Gasteiger partial charge in [0.05, 0.1) is 11.9 Å². The highest BCUT2D eigenvalue weighted by molar-refractivity contribution is 4.92. The highest BCUT2D eigenvalue weighted by atomic mass is 15.4. The minimum absolute atomic E-state index is 0.551. The van der Waals surface area contributed by atoms with Gasteiger partial charge in [-0.2, -0.15) is 0 Å². The van der Waals surface area contributed by atoms with Crippen LogP contribution in [0, 0.1) is 5.92 Å². The fraction of sp³-hybridized carbons (Fsp3) is 0.818. The molecule has 15 heavy (non-hydrogen) atoms. The van der Waals surface area contributed by atoms with Crippen molar-refractivity contribution in [1.82, 2.24) is 20.3 Å². The van der Waals surface area contributed by atoms with Gasteiger partial charge < -0.3 is 5.32 Å². The molecule has 4 heteroatoms. The first-order valence-corrected chi connectivity index (χ1v) is 5.70. The summed E-state index contributed by atoms with van der Waals surface area (Å²) in [5.74, 6) is 0.789. The predicted octanol–water partition coefficient (Wildman–Crippen LogP) is 1.73. The number of hydrogen-bond acceptors (Lipinski definition) is 3. The number of rotatable bonds is 6. The van der Waals surface area contributed by atoms with E-state index in [9.17, 15) is 0 Å². The van der Waals surface area contributed by atoms with Crippen LogP contribution in [0.15, 0.2) is 6.20 Å². The summed E-state index contributed by atoms with van der Waals surface area (Å²) < 4.78 is 1.81. The van der Waals surface area contributed by atoms with Crippen molar-refractivity contribution in [3.05, 3.63) is 11.9 Å². The summed E-state index contributed by atoms with van der Waals surface area (Å²) in [5.41, 5.74) is 1.13. The molecule has 0 amide bonds. The van der Waals surface area contributed by atoms with E-state index in [1.807, 2.05) is 17.9 Å². The first-order chi connectivity index (χ1) is 7.13. The lowest BCUT2D eigenvalue weighted by atomic mass is 10.0. The SMILES string of the molecule is CCC(C)CC(C)NCc1cnnn1C. The smallest absolute Gasteiger partial charge is 0.0738 e. The largest absolute Gasteiger partial charge is 0.309 e. The summed E-state index contributed by atoms with van der Waals surface area (Å²) in [6.45, 7) is 7.61. The lowest BCUT2D eigenvalue weighted by Gasteiger charge is -2.17. The second kappa shape index (κ2) is 5.85. The summed E-state index contributed by atoms with van der Waals surface area (Å²) in [4.78, 5) is 0. The third-order valence-electron chi connectivity index (χ3n) is 2.89. The van der Waals surface area contributed by atoms with Crippen molar-refractivity contribution in [1.29, 1.82) is 0 Å². The molecule has 4 nitrogen and oxygen atoms in total. The normalized spacial score (nSPS) is 15.2. The fourth-order valence-corrected chi connectivity index (χ4v) is 1.60. The van der Waals surface area contributed by atoms with E-state index in [2.05, 4.69) is 36.4 Å². The van der Waals surface area contributed by atoms with Crippen molar-refractivity contribution >= 4 is 0 Å². The van der Waals surface area contributed by atoms with Gasteiger partial charge in [0.15, 0.2) is 0 Å². The average Bonchev–Trinajstić information content (AvgIpc) is 2.61. The van der Waals surface area contributed by atoms with Crippen LogP contribution >= 0.6 is 0 Å². The molecule has 0 bridgehead atoms. The van der Waals surface area contributed by atoms with Crippen LogP contribution in [0.2, 0.25) is 0 Å². The van der Waals surface area contributed by atoms with Crippen molar-refractivity contribution in [3.63, 3.8) is 0 Å². The van der Waals surface area contributed by atoms with Gasteiger partial charge in [-0.05, 0) is 19.3 Å². The predicted molar refractivity (Wildman–Crippen MR) is 61.4 cm³/mol. The van der Waals surface area contributed by atoms with E-state index in [4.69, 9.17) is 0 Å². The van der Waals surface area contributed by atoms with Gasteiger partial charge in [0.2, 0.25) is 0 Å². The second-order valence-corrected chi connectivity index (χ2v) is 4.38. The zero-order valence-electron chi connectivity index (χ0n) is 10.2. The Balaban J connectivity index is 2.28. The Morgan fingerprint density at radius 1 is 1.47 bits per heavy atom. The molecular formula is C11H22N4. The molecular weight excluding hydrogens is 188 g/mol. The monoisotopic (exact) mass is 210 g/mol. The maximum atomic E-state index is 3.90. The summed E-state index contributed by atoms with van der Waals surface area (Å²) in [7, 11) is 1.92. The first kappa shape index (κ1) is 12.2. The van der Waals surface area contributed by atoms with E-state index in [-0.39, 0.29) is 0 Å². The molecule has 0 aliphatic carbocycles. The molecule has 0 saturated heterocycles. The van der Waals surface area contributed by atoms with Gasteiger partial charge in [0.1, 0.15) is 0 Å². The van der Waals surface area contributed by atoms with Gasteiger partial charge in [0, 0.05) is 19.6 Å². The van der Waals surface area contributed by atoms with Crippen molar-refractivity contribution < 1.29 is 0 Å². The molecule has 1 aromatic heterocycles. The third-order valence-corrected chi connectivity index (χ3v) is 2.89. The molecule has 0 radical (unpaired) electrons. The number of aromatic nitrogens is 3. The minimum Gasteiger partial charge on any atom is -0.309 e. The molecule has 0 aromatic carbocycles. The summed E-state index contributed by atoms with van der Waals surface area (Å²) in [6, 6.07) is 0.551. The van der Waals surface area contributed by atoms with Gasteiger partial charge in [-0.3, -0.25) is 4.68 Å². The van der Waals surface area contributed by atoms with Crippen LogP contribution in [0.1, 0.15) is 39.3 Å². The molecule has 86 valence electrons. The first-order valence-electron chi connectivity index (χ1n) is 5.70. The Kier molecular flexibility index (Phi) is 4.75. The molecule has 0 fully saturated rings. The minimum atomic E-state index is 0.551. The molecule has 2 atom stereocenters. The van der Waals surface area contributed by atoms with E-state index in [0.29, 0.717) is 6.04 Å². The Labute approximate surface area is 92.1 Å². The average molecular weight is 210 g/mol. The zero-order chi connectivity index (χ0) is 11.3. The fourth-order valence-electron chi connectivity index (χ4n) is 1.60. The third kappa shape index (κ3) is 4.00. The van der Waals surface area contributed by atoms with Crippen molar-refractivity contribution in [2.75, 3.05) is 0 Å². The van der Waals surface area contributed by atoms with Crippen molar-refractivity contribution in [2.24, 2.45) is 13.0 Å². The number of hydrogen-bond donors (Lipinski definition) is 1. The highest BCUT2D eigenvalue weighted by Gasteiger charge is 2.07. The van der Waals surface area contributed by atoms with Crippen LogP contribution in [0.25, 0.3) is 0 Å². The lowest BCUT2D eigenvalue weighted by molar-refractivity contribution is 0.408. The zero-order valence-corrected chi connectivity index (χ0v) is 10.2. The maximum Gasteiger partial charge on any atom is 0.0738 e. The molecule has 0 aliphatic heterocycles. The quantitative estimate of drug-likeness (QED) is 0.777. The van der Waals surface area contributed by atoms with Crippen LogP contribution in [0.4, 0.5) is 0 Å². The van der Waals surface area contributed by atoms with Gasteiger partial charge in [-0.15, -0.1) is 5.10 Å². The van der Waals surface area contributed by atoms with Crippen molar-refractivity contribution in [3.8, 4) is 0 Å². The second-order valence-electron chi connectivity index (χ2n) is 4.38. The van der Waals surface area contributed by atoms with E-state index < -0.39 is 0 Å². The van der Waals surface area contributed by atoms with Gasteiger partial charge in [0.25, 0.3) is 0 Å². The van der Waals surface area contributed by atoms with E-state index >= 15 is 0 Å². The molecule has 0 aliphatic rings.